The first kappa shape index (κ1) is 17.8. The third-order valence-corrected chi connectivity index (χ3v) is 4.80. The molecule has 0 bridgehead atoms. The lowest BCUT2D eigenvalue weighted by Crippen LogP contribution is -2.22. The fourth-order valence-electron chi connectivity index (χ4n) is 3.27. The monoisotopic (exact) mass is 342 g/mol. The van der Waals surface area contributed by atoms with Crippen LogP contribution in [0.3, 0.4) is 0 Å². The van der Waals surface area contributed by atoms with Crippen molar-refractivity contribution in [2.24, 2.45) is 5.92 Å². The van der Waals surface area contributed by atoms with Crippen LogP contribution in [0.2, 0.25) is 0 Å². The lowest BCUT2D eigenvalue weighted by molar-refractivity contribution is 0.0888. The topological polar surface area (TPSA) is 34.1 Å². The zero-order chi connectivity index (χ0) is 18.4. The fourth-order valence-corrected chi connectivity index (χ4v) is 3.27. The van der Waals surface area contributed by atoms with Crippen LogP contribution in [0.1, 0.15) is 45.5 Å². The molecule has 0 aliphatic carbocycles. The van der Waals surface area contributed by atoms with Crippen molar-refractivity contribution in [3.8, 4) is 0 Å². The van der Waals surface area contributed by atoms with E-state index in [1.807, 2.05) is 97.9 Å². The minimum absolute atomic E-state index is 0.0622. The minimum atomic E-state index is -0.285. The smallest absolute Gasteiger partial charge is 0.166 e. The van der Waals surface area contributed by atoms with E-state index in [0.29, 0.717) is 17.5 Å². The number of rotatable bonds is 7. The van der Waals surface area contributed by atoms with Crippen molar-refractivity contribution in [2.45, 2.75) is 19.3 Å². The molecule has 2 heteroatoms. The van der Waals surface area contributed by atoms with Gasteiger partial charge in [0.15, 0.2) is 11.6 Å². The van der Waals surface area contributed by atoms with Gasteiger partial charge in [0.05, 0.1) is 0 Å². The van der Waals surface area contributed by atoms with Crippen LogP contribution in [0, 0.1) is 5.92 Å². The highest BCUT2D eigenvalue weighted by Crippen LogP contribution is 2.32. The van der Waals surface area contributed by atoms with Gasteiger partial charge in [-0.15, -0.1) is 0 Å². The maximum Gasteiger partial charge on any atom is 0.166 e. The van der Waals surface area contributed by atoms with Crippen LogP contribution in [-0.2, 0) is 0 Å². The van der Waals surface area contributed by atoms with E-state index in [4.69, 9.17) is 0 Å². The second-order valence-corrected chi connectivity index (χ2v) is 6.53. The largest absolute Gasteiger partial charge is 0.294 e. The van der Waals surface area contributed by atoms with Gasteiger partial charge in [0.1, 0.15) is 0 Å². The van der Waals surface area contributed by atoms with E-state index in [-0.39, 0.29) is 23.4 Å². The van der Waals surface area contributed by atoms with E-state index in [9.17, 15) is 9.59 Å². The molecule has 0 heterocycles. The highest BCUT2D eigenvalue weighted by atomic mass is 16.1. The fraction of sp³-hybridized carbons (Fsp3) is 0.167. The van der Waals surface area contributed by atoms with Crippen LogP contribution in [-0.4, -0.2) is 11.6 Å². The average molecular weight is 342 g/mol. The molecule has 0 spiro atoms. The summed E-state index contributed by atoms with van der Waals surface area (Å²) in [7, 11) is 0. The molecule has 3 aromatic rings. The number of ketones is 2. The summed E-state index contributed by atoms with van der Waals surface area (Å²) in [4.78, 5) is 25.7. The van der Waals surface area contributed by atoms with Gasteiger partial charge in [0.2, 0.25) is 0 Å². The summed E-state index contributed by atoms with van der Waals surface area (Å²) < 4.78 is 0. The molecular formula is C24H22O2. The molecule has 0 radical (unpaired) electrons. The van der Waals surface area contributed by atoms with E-state index in [2.05, 4.69) is 0 Å². The Hall–Kier alpha value is -3.00. The van der Waals surface area contributed by atoms with Crippen molar-refractivity contribution in [3.05, 3.63) is 108 Å². The van der Waals surface area contributed by atoms with E-state index < -0.39 is 0 Å². The average Bonchev–Trinajstić information content (AvgIpc) is 2.72. The van der Waals surface area contributed by atoms with E-state index in [0.717, 1.165) is 5.56 Å². The zero-order valence-corrected chi connectivity index (χ0v) is 14.8. The Balaban J connectivity index is 1.89. The first-order valence-electron chi connectivity index (χ1n) is 8.89. The van der Waals surface area contributed by atoms with Crippen LogP contribution in [0.25, 0.3) is 0 Å². The first-order valence-corrected chi connectivity index (χ1v) is 8.89. The highest BCUT2D eigenvalue weighted by molar-refractivity contribution is 6.00. The number of benzene rings is 3. The Morgan fingerprint density at radius 1 is 0.692 bits per heavy atom. The Morgan fingerprint density at radius 3 is 1.69 bits per heavy atom. The standard InChI is InChI=1S/C24H22O2/c1-18(24(26)21-15-9-4-10-16-21)22(19-11-5-2-6-12-19)17-23(25)20-13-7-3-8-14-20/h2-16,18,22H,17H2,1H3. The summed E-state index contributed by atoms with van der Waals surface area (Å²) in [6.07, 6.45) is 0.313. The Morgan fingerprint density at radius 2 is 1.15 bits per heavy atom. The lowest BCUT2D eigenvalue weighted by Gasteiger charge is -2.23. The summed E-state index contributed by atoms with van der Waals surface area (Å²) in [5, 5.41) is 0. The SMILES string of the molecule is CC(C(=O)c1ccccc1)C(CC(=O)c1ccccc1)c1ccccc1. The molecule has 2 unspecified atom stereocenters. The van der Waals surface area contributed by atoms with E-state index >= 15 is 0 Å². The number of carbonyl (C=O) groups is 2. The van der Waals surface area contributed by atoms with Gasteiger partial charge in [-0.1, -0.05) is 97.9 Å². The van der Waals surface area contributed by atoms with Crippen LogP contribution < -0.4 is 0 Å². The molecule has 0 saturated heterocycles. The molecule has 130 valence electrons. The van der Waals surface area contributed by atoms with Crippen LogP contribution in [0.5, 0.6) is 0 Å². The van der Waals surface area contributed by atoms with Gasteiger partial charge in [0.25, 0.3) is 0 Å². The maximum absolute atomic E-state index is 13.0. The van der Waals surface area contributed by atoms with Crippen molar-refractivity contribution in [2.75, 3.05) is 0 Å². The minimum Gasteiger partial charge on any atom is -0.294 e. The predicted octanol–water partition coefficient (Wildman–Crippen LogP) is 5.56. The van der Waals surface area contributed by atoms with Gasteiger partial charge in [0, 0.05) is 29.4 Å². The van der Waals surface area contributed by atoms with Gasteiger partial charge in [-0.3, -0.25) is 9.59 Å². The predicted molar refractivity (Wildman–Crippen MR) is 105 cm³/mol. The van der Waals surface area contributed by atoms with Crippen molar-refractivity contribution >= 4 is 11.6 Å². The molecule has 0 amide bonds. The molecule has 0 fully saturated rings. The van der Waals surface area contributed by atoms with Crippen molar-refractivity contribution < 1.29 is 9.59 Å². The normalized spacial score (nSPS) is 13.0. The van der Waals surface area contributed by atoms with Gasteiger partial charge < -0.3 is 0 Å². The quantitative estimate of drug-likeness (QED) is 0.527. The van der Waals surface area contributed by atoms with Crippen molar-refractivity contribution in [3.63, 3.8) is 0 Å². The third kappa shape index (κ3) is 4.15. The molecule has 0 aliphatic heterocycles. The molecule has 3 aromatic carbocycles. The van der Waals surface area contributed by atoms with Crippen LogP contribution in [0.4, 0.5) is 0 Å². The van der Waals surface area contributed by atoms with Gasteiger partial charge in [-0.2, -0.15) is 0 Å². The van der Waals surface area contributed by atoms with Crippen LogP contribution >= 0.6 is 0 Å². The summed E-state index contributed by atoms with van der Waals surface area (Å²) in [5.41, 5.74) is 2.40. The first-order chi connectivity index (χ1) is 12.7. The molecule has 0 aliphatic rings. The summed E-state index contributed by atoms with van der Waals surface area (Å²) in [6.45, 7) is 1.92. The Bertz CT molecular complexity index is 854. The van der Waals surface area contributed by atoms with E-state index in [1.165, 1.54) is 0 Å². The second kappa shape index (κ2) is 8.39. The Labute approximate surface area is 154 Å². The summed E-state index contributed by atoms with van der Waals surface area (Å²) >= 11 is 0. The summed E-state index contributed by atoms with van der Waals surface area (Å²) in [6, 6.07) is 28.4. The molecule has 2 atom stereocenters. The molecule has 0 N–H and O–H groups in total. The van der Waals surface area contributed by atoms with Gasteiger partial charge in [-0.05, 0) is 5.56 Å². The van der Waals surface area contributed by atoms with Crippen molar-refractivity contribution in [1.82, 2.24) is 0 Å². The zero-order valence-electron chi connectivity index (χ0n) is 14.8. The molecule has 3 rings (SSSR count). The lowest BCUT2D eigenvalue weighted by atomic mass is 9.79. The van der Waals surface area contributed by atoms with E-state index in [1.54, 1.807) is 0 Å². The molecule has 26 heavy (non-hydrogen) atoms. The Kier molecular flexibility index (Phi) is 5.75. The van der Waals surface area contributed by atoms with Crippen LogP contribution in [0.15, 0.2) is 91.0 Å². The molecule has 2 nitrogen and oxygen atoms in total. The number of hydrogen-bond acceptors (Lipinski definition) is 2. The third-order valence-electron chi connectivity index (χ3n) is 4.80. The van der Waals surface area contributed by atoms with Crippen molar-refractivity contribution in [1.29, 1.82) is 0 Å². The number of carbonyl (C=O) groups excluding carboxylic acids is 2. The van der Waals surface area contributed by atoms with Gasteiger partial charge in [-0.25, -0.2) is 0 Å². The maximum atomic E-state index is 13.0. The molecule has 0 saturated carbocycles. The summed E-state index contributed by atoms with van der Waals surface area (Å²) in [5.74, 6) is -0.309. The number of Topliss-reactive ketones (excluding diaryl/α,β-unsaturated/α-hetero) is 2. The molecule has 0 aromatic heterocycles. The number of hydrogen-bond donors (Lipinski definition) is 0. The second-order valence-electron chi connectivity index (χ2n) is 6.53. The molecular weight excluding hydrogens is 320 g/mol. The van der Waals surface area contributed by atoms with Gasteiger partial charge >= 0.3 is 0 Å². The highest BCUT2D eigenvalue weighted by Gasteiger charge is 2.28.